The number of benzene rings is 2. The molecule has 0 radical (unpaired) electrons. The summed E-state index contributed by atoms with van der Waals surface area (Å²) in [4.78, 5) is 28.5. The van der Waals surface area contributed by atoms with Crippen molar-refractivity contribution in [3.8, 4) is 0 Å². The largest absolute Gasteiger partial charge is 0.330 e. The summed E-state index contributed by atoms with van der Waals surface area (Å²) < 4.78 is 3.07. The molecule has 1 amide bonds. The quantitative estimate of drug-likeness (QED) is 0.510. The normalized spacial score (nSPS) is 11.0. The number of para-hydroxylation sites is 1. The average molecular weight is 405 g/mol. The van der Waals surface area contributed by atoms with E-state index in [9.17, 15) is 9.59 Å². The third-order valence-electron chi connectivity index (χ3n) is 4.64. The Morgan fingerprint density at radius 2 is 1.93 bits per heavy atom. The van der Waals surface area contributed by atoms with Crippen LogP contribution in [0.5, 0.6) is 0 Å². The van der Waals surface area contributed by atoms with Crippen molar-refractivity contribution in [2.75, 3.05) is 5.43 Å². The third-order valence-corrected chi connectivity index (χ3v) is 4.93. The highest BCUT2D eigenvalue weighted by Gasteiger charge is 2.11. The first-order valence-electron chi connectivity index (χ1n) is 9.08. The average Bonchev–Trinajstić information content (AvgIpc) is 3.02. The smallest absolute Gasteiger partial charge is 0.281 e. The van der Waals surface area contributed by atoms with Gasteiger partial charge in [0.25, 0.3) is 11.5 Å². The standard InChI is InChI=1S/C21H19N5O2S/c1-13-10-14(2)25(23-13)12-15-6-5-7-16(11-15)19(27)24-26-20(28)17-8-3-4-9-18(17)22-21(26)29/h3-11H,12H2,1-2H3,(H,22,29)(H,24,27). The van der Waals surface area contributed by atoms with Gasteiger partial charge < -0.3 is 4.98 Å². The number of hydrogen-bond acceptors (Lipinski definition) is 4. The van der Waals surface area contributed by atoms with E-state index in [-0.39, 0.29) is 10.3 Å². The molecular formula is C21H19N5O2S. The van der Waals surface area contributed by atoms with Gasteiger partial charge in [0, 0.05) is 11.3 Å². The van der Waals surface area contributed by atoms with Crippen molar-refractivity contribution >= 4 is 29.0 Å². The second-order valence-corrected chi connectivity index (χ2v) is 7.23. The van der Waals surface area contributed by atoms with Crippen LogP contribution in [0.25, 0.3) is 10.9 Å². The summed E-state index contributed by atoms with van der Waals surface area (Å²) >= 11 is 5.25. The molecule has 4 aromatic rings. The summed E-state index contributed by atoms with van der Waals surface area (Å²) in [5, 5.41) is 4.90. The Bertz CT molecular complexity index is 1350. The number of aromatic amines is 1. The van der Waals surface area contributed by atoms with Crippen LogP contribution < -0.4 is 11.0 Å². The minimum Gasteiger partial charge on any atom is -0.330 e. The van der Waals surface area contributed by atoms with Crippen molar-refractivity contribution in [3.63, 3.8) is 0 Å². The second kappa shape index (κ2) is 7.48. The van der Waals surface area contributed by atoms with Gasteiger partial charge in [0.05, 0.1) is 23.1 Å². The number of carbonyl (C=O) groups excluding carboxylic acids is 1. The summed E-state index contributed by atoms with van der Waals surface area (Å²) in [6.45, 7) is 4.49. The predicted molar refractivity (Wildman–Crippen MR) is 114 cm³/mol. The van der Waals surface area contributed by atoms with Crippen LogP contribution in [-0.4, -0.2) is 25.3 Å². The molecule has 29 heavy (non-hydrogen) atoms. The summed E-state index contributed by atoms with van der Waals surface area (Å²) in [6, 6.07) is 16.2. The third kappa shape index (κ3) is 3.74. The molecule has 0 aliphatic carbocycles. The van der Waals surface area contributed by atoms with Crippen LogP contribution in [0.2, 0.25) is 0 Å². The Balaban J connectivity index is 1.63. The Morgan fingerprint density at radius 1 is 1.14 bits per heavy atom. The minimum atomic E-state index is -0.419. The molecule has 0 saturated heterocycles. The number of rotatable bonds is 4. The van der Waals surface area contributed by atoms with Gasteiger partial charge in [-0.2, -0.15) is 9.77 Å². The first-order chi connectivity index (χ1) is 13.9. The van der Waals surface area contributed by atoms with Gasteiger partial charge in [0.15, 0.2) is 4.77 Å². The number of nitrogens with one attached hydrogen (secondary N) is 2. The lowest BCUT2D eigenvalue weighted by Gasteiger charge is -2.11. The molecule has 0 unspecified atom stereocenters. The van der Waals surface area contributed by atoms with Gasteiger partial charge in [0.1, 0.15) is 0 Å². The molecule has 0 bridgehead atoms. The summed E-state index contributed by atoms with van der Waals surface area (Å²) in [5.41, 5.74) is 6.20. The lowest BCUT2D eigenvalue weighted by molar-refractivity contribution is 0.101. The van der Waals surface area contributed by atoms with E-state index in [1.54, 1.807) is 36.4 Å². The Morgan fingerprint density at radius 3 is 2.69 bits per heavy atom. The molecule has 7 nitrogen and oxygen atoms in total. The van der Waals surface area contributed by atoms with E-state index >= 15 is 0 Å². The Hall–Kier alpha value is -3.52. The van der Waals surface area contributed by atoms with E-state index < -0.39 is 5.91 Å². The molecule has 0 aliphatic rings. The van der Waals surface area contributed by atoms with Gasteiger partial charge in [-0.3, -0.25) is 19.7 Å². The van der Waals surface area contributed by atoms with Gasteiger partial charge in [0.2, 0.25) is 0 Å². The van der Waals surface area contributed by atoms with Crippen molar-refractivity contribution in [1.82, 2.24) is 19.4 Å². The van der Waals surface area contributed by atoms with Crippen LogP contribution in [0.4, 0.5) is 0 Å². The maximum absolute atomic E-state index is 12.8. The first kappa shape index (κ1) is 18.8. The fourth-order valence-corrected chi connectivity index (χ4v) is 3.49. The van der Waals surface area contributed by atoms with Crippen LogP contribution in [0.1, 0.15) is 27.3 Å². The molecule has 2 aromatic heterocycles. The summed E-state index contributed by atoms with van der Waals surface area (Å²) in [5.74, 6) is -0.419. The topological polar surface area (TPSA) is 84.7 Å². The highest BCUT2D eigenvalue weighted by Crippen LogP contribution is 2.11. The van der Waals surface area contributed by atoms with Crippen molar-refractivity contribution < 1.29 is 4.79 Å². The number of fused-ring (bicyclic) bond motifs is 1. The van der Waals surface area contributed by atoms with Gasteiger partial charge in [-0.25, -0.2) is 0 Å². The lowest BCUT2D eigenvalue weighted by atomic mass is 10.1. The van der Waals surface area contributed by atoms with E-state index in [0.29, 0.717) is 23.0 Å². The molecular weight excluding hydrogens is 386 g/mol. The monoisotopic (exact) mass is 405 g/mol. The van der Waals surface area contributed by atoms with Crippen molar-refractivity contribution in [3.05, 3.63) is 92.2 Å². The van der Waals surface area contributed by atoms with E-state index in [4.69, 9.17) is 12.2 Å². The van der Waals surface area contributed by atoms with Gasteiger partial charge in [-0.1, -0.05) is 24.3 Å². The molecule has 0 spiro atoms. The SMILES string of the molecule is Cc1cc(C)n(Cc2cccc(C(=O)Nn3c(=S)[nH]c4ccccc4c3=O)c2)n1. The summed E-state index contributed by atoms with van der Waals surface area (Å²) in [7, 11) is 0. The number of aromatic nitrogens is 4. The number of carbonyl (C=O) groups is 1. The maximum atomic E-state index is 12.8. The fourth-order valence-electron chi connectivity index (χ4n) is 3.25. The van der Waals surface area contributed by atoms with Gasteiger partial charge >= 0.3 is 0 Å². The van der Waals surface area contributed by atoms with E-state index in [1.165, 1.54) is 0 Å². The van der Waals surface area contributed by atoms with Crippen LogP contribution in [0.3, 0.4) is 0 Å². The lowest BCUT2D eigenvalue weighted by Crippen LogP contribution is -2.34. The number of hydrogen-bond donors (Lipinski definition) is 2. The highest BCUT2D eigenvalue weighted by atomic mass is 32.1. The Labute approximate surface area is 171 Å². The van der Waals surface area contributed by atoms with Crippen molar-refractivity contribution in [2.45, 2.75) is 20.4 Å². The molecule has 2 aromatic carbocycles. The van der Waals surface area contributed by atoms with Gasteiger partial charge in [-0.15, -0.1) is 0 Å². The van der Waals surface area contributed by atoms with Crippen LogP contribution in [0, 0.1) is 18.6 Å². The van der Waals surface area contributed by atoms with Crippen molar-refractivity contribution in [2.24, 2.45) is 0 Å². The maximum Gasteiger partial charge on any atom is 0.281 e. The molecule has 146 valence electrons. The number of nitrogens with zero attached hydrogens (tertiary/aromatic N) is 3. The predicted octanol–water partition coefficient (Wildman–Crippen LogP) is 3.30. The van der Waals surface area contributed by atoms with E-state index in [1.807, 2.05) is 36.7 Å². The zero-order chi connectivity index (χ0) is 20.5. The zero-order valence-electron chi connectivity index (χ0n) is 16.0. The fraction of sp³-hybridized carbons (Fsp3) is 0.143. The number of H-pyrrole nitrogens is 1. The molecule has 4 rings (SSSR count). The molecule has 0 saturated carbocycles. The number of aryl methyl sites for hydroxylation is 2. The molecule has 0 atom stereocenters. The molecule has 0 aliphatic heterocycles. The molecule has 2 N–H and O–H groups in total. The van der Waals surface area contributed by atoms with E-state index in [2.05, 4.69) is 15.5 Å². The van der Waals surface area contributed by atoms with Crippen molar-refractivity contribution in [1.29, 1.82) is 0 Å². The first-order valence-corrected chi connectivity index (χ1v) is 9.48. The molecule has 8 heteroatoms. The molecule has 0 fully saturated rings. The summed E-state index contributed by atoms with van der Waals surface area (Å²) in [6.07, 6.45) is 0. The number of amides is 1. The zero-order valence-corrected chi connectivity index (χ0v) is 16.8. The van der Waals surface area contributed by atoms with Crippen LogP contribution >= 0.6 is 12.2 Å². The van der Waals surface area contributed by atoms with Crippen LogP contribution in [0.15, 0.2) is 59.4 Å². The Kier molecular flexibility index (Phi) is 4.85. The van der Waals surface area contributed by atoms with Gasteiger partial charge in [-0.05, 0) is 62.0 Å². The minimum absolute atomic E-state index is 0.126. The van der Waals surface area contributed by atoms with Crippen LogP contribution in [-0.2, 0) is 6.54 Å². The second-order valence-electron chi connectivity index (χ2n) is 6.84. The molecule has 2 heterocycles. The van der Waals surface area contributed by atoms with E-state index in [0.717, 1.165) is 21.6 Å². The highest BCUT2D eigenvalue weighted by molar-refractivity contribution is 7.71.